The second kappa shape index (κ2) is 4.49. The van der Waals surface area contributed by atoms with Crippen molar-refractivity contribution in [3.05, 3.63) is 18.0 Å². The molecule has 3 heterocycles. The van der Waals surface area contributed by atoms with Crippen LogP contribution < -0.4 is 5.32 Å². The van der Waals surface area contributed by atoms with Gasteiger partial charge in [-0.05, 0) is 32.2 Å². The van der Waals surface area contributed by atoms with E-state index in [1.54, 1.807) is 12.4 Å². The predicted octanol–water partition coefficient (Wildman–Crippen LogP) is 0.766. The molecular formula is C12H18N4O. The van der Waals surface area contributed by atoms with Gasteiger partial charge in [0, 0.05) is 24.8 Å². The van der Waals surface area contributed by atoms with Gasteiger partial charge in [0.25, 0.3) is 5.91 Å². The van der Waals surface area contributed by atoms with Crippen molar-refractivity contribution in [1.29, 1.82) is 0 Å². The monoisotopic (exact) mass is 234 g/mol. The summed E-state index contributed by atoms with van der Waals surface area (Å²) in [7, 11) is 0. The van der Waals surface area contributed by atoms with Crippen LogP contribution in [-0.4, -0.2) is 46.2 Å². The van der Waals surface area contributed by atoms with Crippen LogP contribution in [0.5, 0.6) is 0 Å². The maximum absolute atomic E-state index is 12.3. The molecule has 2 N–H and O–H groups in total. The molecule has 1 amide bonds. The Hall–Kier alpha value is -1.36. The number of aromatic nitrogens is 2. The molecule has 0 radical (unpaired) electrons. The number of carbonyl (C=O) groups excluding carboxylic acids is 1. The number of likely N-dealkylation sites (tertiary alicyclic amines) is 1. The second-order valence-corrected chi connectivity index (χ2v) is 4.90. The van der Waals surface area contributed by atoms with Gasteiger partial charge in [-0.15, -0.1) is 0 Å². The zero-order chi connectivity index (χ0) is 11.7. The van der Waals surface area contributed by atoms with Gasteiger partial charge in [0.2, 0.25) is 0 Å². The van der Waals surface area contributed by atoms with Crippen LogP contribution in [0.15, 0.2) is 12.4 Å². The Labute approximate surface area is 101 Å². The van der Waals surface area contributed by atoms with Crippen molar-refractivity contribution < 1.29 is 4.79 Å². The van der Waals surface area contributed by atoms with E-state index in [1.165, 1.54) is 12.8 Å². The standard InChI is InChI=1S/C12H18N4O/c17-12(9-7-14-15-8-9)16-6-2-4-11(16)10-3-1-5-13-10/h7-8,10-11,13H,1-6H2,(H,14,15). The first kappa shape index (κ1) is 10.8. The van der Waals surface area contributed by atoms with E-state index in [2.05, 4.69) is 15.5 Å². The van der Waals surface area contributed by atoms with Gasteiger partial charge in [-0.3, -0.25) is 9.89 Å². The van der Waals surface area contributed by atoms with E-state index in [0.29, 0.717) is 17.6 Å². The van der Waals surface area contributed by atoms with E-state index in [1.807, 2.05) is 4.90 Å². The maximum atomic E-state index is 12.3. The van der Waals surface area contributed by atoms with Crippen LogP contribution in [0.2, 0.25) is 0 Å². The molecule has 0 spiro atoms. The third-order valence-corrected chi connectivity index (χ3v) is 3.87. The summed E-state index contributed by atoms with van der Waals surface area (Å²) >= 11 is 0. The molecule has 3 rings (SSSR count). The third kappa shape index (κ3) is 1.95. The van der Waals surface area contributed by atoms with Gasteiger partial charge in [-0.25, -0.2) is 0 Å². The quantitative estimate of drug-likeness (QED) is 0.794. The number of nitrogens with one attached hydrogen (secondary N) is 2. The Morgan fingerprint density at radius 3 is 3.06 bits per heavy atom. The predicted molar refractivity (Wildman–Crippen MR) is 63.7 cm³/mol. The Morgan fingerprint density at radius 2 is 2.35 bits per heavy atom. The van der Waals surface area contributed by atoms with E-state index in [0.717, 1.165) is 25.9 Å². The number of nitrogens with zero attached hydrogens (tertiary/aromatic N) is 2. The van der Waals surface area contributed by atoms with Gasteiger partial charge in [-0.2, -0.15) is 5.10 Å². The van der Waals surface area contributed by atoms with Crippen molar-refractivity contribution in [1.82, 2.24) is 20.4 Å². The van der Waals surface area contributed by atoms with Gasteiger partial charge in [0.05, 0.1) is 11.8 Å². The van der Waals surface area contributed by atoms with Gasteiger partial charge in [0.1, 0.15) is 0 Å². The fraction of sp³-hybridized carbons (Fsp3) is 0.667. The summed E-state index contributed by atoms with van der Waals surface area (Å²) in [6.07, 6.45) is 7.96. The SMILES string of the molecule is O=C(c1cn[nH]c1)N1CCCC1C1CCCN1. The zero-order valence-corrected chi connectivity index (χ0v) is 9.85. The number of H-pyrrole nitrogens is 1. The highest BCUT2D eigenvalue weighted by molar-refractivity contribution is 5.94. The molecule has 1 aromatic heterocycles. The summed E-state index contributed by atoms with van der Waals surface area (Å²) in [6, 6.07) is 0.869. The van der Waals surface area contributed by atoms with Crippen molar-refractivity contribution in [2.75, 3.05) is 13.1 Å². The molecule has 5 heteroatoms. The number of carbonyl (C=O) groups is 1. The summed E-state index contributed by atoms with van der Waals surface area (Å²) < 4.78 is 0. The van der Waals surface area contributed by atoms with Crippen molar-refractivity contribution in [3.63, 3.8) is 0 Å². The number of hydrogen-bond acceptors (Lipinski definition) is 3. The largest absolute Gasteiger partial charge is 0.334 e. The Bertz CT molecular complexity index is 383. The second-order valence-electron chi connectivity index (χ2n) is 4.90. The fourth-order valence-electron chi connectivity index (χ4n) is 3.04. The number of rotatable bonds is 2. The van der Waals surface area contributed by atoms with Crippen LogP contribution in [-0.2, 0) is 0 Å². The molecule has 2 saturated heterocycles. The maximum Gasteiger partial charge on any atom is 0.257 e. The van der Waals surface area contributed by atoms with Crippen LogP contribution in [0.3, 0.4) is 0 Å². The van der Waals surface area contributed by atoms with Gasteiger partial charge in [0.15, 0.2) is 0 Å². The first-order valence-electron chi connectivity index (χ1n) is 6.39. The average molecular weight is 234 g/mol. The first-order valence-corrected chi connectivity index (χ1v) is 6.39. The smallest absolute Gasteiger partial charge is 0.257 e. The molecule has 0 saturated carbocycles. The molecule has 2 aliphatic heterocycles. The molecule has 17 heavy (non-hydrogen) atoms. The minimum atomic E-state index is 0.120. The van der Waals surface area contributed by atoms with Crippen LogP contribution in [0, 0.1) is 0 Å². The molecule has 92 valence electrons. The molecule has 2 aliphatic rings. The molecule has 0 bridgehead atoms. The highest BCUT2D eigenvalue weighted by Gasteiger charge is 2.36. The molecule has 0 aliphatic carbocycles. The Kier molecular flexibility index (Phi) is 2.84. The molecule has 2 atom stereocenters. The Balaban J connectivity index is 1.75. The molecular weight excluding hydrogens is 216 g/mol. The highest BCUT2D eigenvalue weighted by atomic mass is 16.2. The summed E-state index contributed by atoms with van der Waals surface area (Å²) in [5.41, 5.74) is 0.676. The molecule has 5 nitrogen and oxygen atoms in total. The molecule has 2 fully saturated rings. The minimum absolute atomic E-state index is 0.120. The lowest BCUT2D eigenvalue weighted by atomic mass is 10.0. The van der Waals surface area contributed by atoms with Gasteiger partial charge >= 0.3 is 0 Å². The van der Waals surface area contributed by atoms with E-state index >= 15 is 0 Å². The van der Waals surface area contributed by atoms with Crippen LogP contribution in [0.25, 0.3) is 0 Å². The van der Waals surface area contributed by atoms with Crippen LogP contribution >= 0.6 is 0 Å². The van der Waals surface area contributed by atoms with Crippen molar-refractivity contribution in [3.8, 4) is 0 Å². The van der Waals surface area contributed by atoms with Gasteiger partial charge < -0.3 is 10.2 Å². The molecule has 2 unspecified atom stereocenters. The minimum Gasteiger partial charge on any atom is -0.334 e. The van der Waals surface area contributed by atoms with Crippen molar-refractivity contribution in [2.45, 2.75) is 37.8 Å². The van der Waals surface area contributed by atoms with E-state index in [9.17, 15) is 4.79 Å². The lowest BCUT2D eigenvalue weighted by Crippen LogP contribution is -2.46. The zero-order valence-electron chi connectivity index (χ0n) is 9.85. The van der Waals surface area contributed by atoms with Crippen LogP contribution in [0.4, 0.5) is 0 Å². The number of amides is 1. The summed E-state index contributed by atoms with van der Waals surface area (Å²) in [6.45, 7) is 1.97. The van der Waals surface area contributed by atoms with Crippen molar-refractivity contribution in [2.24, 2.45) is 0 Å². The number of hydrogen-bond donors (Lipinski definition) is 2. The van der Waals surface area contributed by atoms with E-state index in [-0.39, 0.29) is 5.91 Å². The number of aromatic amines is 1. The van der Waals surface area contributed by atoms with E-state index < -0.39 is 0 Å². The topological polar surface area (TPSA) is 61.0 Å². The van der Waals surface area contributed by atoms with Gasteiger partial charge in [-0.1, -0.05) is 0 Å². The lowest BCUT2D eigenvalue weighted by molar-refractivity contribution is 0.0711. The normalized spacial score (nSPS) is 28.8. The highest BCUT2D eigenvalue weighted by Crippen LogP contribution is 2.26. The average Bonchev–Trinajstić information content (AvgIpc) is 3.09. The molecule has 1 aromatic rings. The lowest BCUT2D eigenvalue weighted by Gasteiger charge is -2.29. The molecule has 0 aromatic carbocycles. The summed E-state index contributed by atoms with van der Waals surface area (Å²) in [4.78, 5) is 14.3. The van der Waals surface area contributed by atoms with Crippen LogP contribution in [0.1, 0.15) is 36.0 Å². The van der Waals surface area contributed by atoms with Crippen molar-refractivity contribution >= 4 is 5.91 Å². The third-order valence-electron chi connectivity index (χ3n) is 3.87. The summed E-state index contributed by atoms with van der Waals surface area (Å²) in [5, 5.41) is 10.1. The fourth-order valence-corrected chi connectivity index (χ4v) is 3.04. The Morgan fingerprint density at radius 1 is 1.41 bits per heavy atom. The van der Waals surface area contributed by atoms with E-state index in [4.69, 9.17) is 0 Å². The summed E-state index contributed by atoms with van der Waals surface area (Å²) in [5.74, 6) is 0.120. The first-order chi connectivity index (χ1) is 8.36.